The summed E-state index contributed by atoms with van der Waals surface area (Å²) >= 11 is 0. The largest absolute Gasteiger partial charge is 0.326 e. The van der Waals surface area contributed by atoms with E-state index in [4.69, 9.17) is 0 Å². The van der Waals surface area contributed by atoms with Crippen LogP contribution in [0.4, 0.5) is 5.69 Å². The maximum atomic E-state index is 12.2. The van der Waals surface area contributed by atoms with Gasteiger partial charge in [-0.25, -0.2) is 4.83 Å². The fourth-order valence-electron chi connectivity index (χ4n) is 2.61. The van der Waals surface area contributed by atoms with Crippen molar-refractivity contribution >= 4 is 39.6 Å². The highest BCUT2D eigenvalue weighted by molar-refractivity contribution is 7.89. The van der Waals surface area contributed by atoms with E-state index in [0.29, 0.717) is 16.8 Å². The van der Waals surface area contributed by atoms with Crippen LogP contribution in [0.2, 0.25) is 0 Å². The van der Waals surface area contributed by atoms with Crippen LogP contribution in [0.1, 0.15) is 27.6 Å². The number of anilines is 1. The first-order valence-corrected chi connectivity index (χ1v) is 9.64. The molecule has 0 radical (unpaired) electrons. The number of hydrogen-bond acceptors (Lipinski definition) is 6. The molecule has 0 saturated carbocycles. The van der Waals surface area contributed by atoms with Crippen LogP contribution in [0.5, 0.6) is 0 Å². The van der Waals surface area contributed by atoms with E-state index in [-0.39, 0.29) is 17.3 Å². The number of nitrogens with zero attached hydrogens (tertiary/aromatic N) is 2. The van der Waals surface area contributed by atoms with Crippen LogP contribution in [-0.4, -0.2) is 43.8 Å². The summed E-state index contributed by atoms with van der Waals surface area (Å²) in [7, 11) is -3.93. The second-order valence-corrected chi connectivity index (χ2v) is 7.54. The van der Waals surface area contributed by atoms with Crippen LogP contribution in [0, 0.1) is 0 Å². The molecule has 0 aromatic heterocycles. The van der Waals surface area contributed by atoms with E-state index in [1.807, 2.05) is 4.83 Å². The molecule has 3 amide bonds. The lowest BCUT2D eigenvalue weighted by molar-refractivity contribution is -0.114. The van der Waals surface area contributed by atoms with Gasteiger partial charge in [-0.3, -0.25) is 19.3 Å². The number of nitrogens with one attached hydrogen (secondary N) is 2. The van der Waals surface area contributed by atoms with Crippen LogP contribution in [0.3, 0.4) is 0 Å². The minimum atomic E-state index is -3.93. The van der Waals surface area contributed by atoms with Crippen LogP contribution in [0.15, 0.2) is 58.5 Å². The highest BCUT2D eigenvalue weighted by Crippen LogP contribution is 2.21. The normalized spacial score (nSPS) is 13.7. The molecule has 1 heterocycles. The van der Waals surface area contributed by atoms with Crippen molar-refractivity contribution in [2.45, 2.75) is 11.8 Å². The summed E-state index contributed by atoms with van der Waals surface area (Å²) in [5.41, 5.74) is 1.07. The summed E-state index contributed by atoms with van der Waals surface area (Å²) < 4.78 is 24.4. The number of rotatable bonds is 6. The molecule has 0 saturated heterocycles. The molecule has 28 heavy (non-hydrogen) atoms. The molecule has 2 aromatic carbocycles. The number of carbonyl (C=O) groups is 3. The molecule has 0 aliphatic carbocycles. The summed E-state index contributed by atoms with van der Waals surface area (Å²) in [5.74, 6) is -1.18. The Morgan fingerprint density at radius 3 is 2.14 bits per heavy atom. The summed E-state index contributed by atoms with van der Waals surface area (Å²) in [4.78, 5) is 38.3. The highest BCUT2D eigenvalue weighted by atomic mass is 32.2. The summed E-state index contributed by atoms with van der Waals surface area (Å²) in [6, 6.07) is 11.9. The minimum absolute atomic E-state index is 0.0560. The van der Waals surface area contributed by atoms with Crippen LogP contribution in [0.25, 0.3) is 0 Å². The Balaban J connectivity index is 1.62. The van der Waals surface area contributed by atoms with E-state index in [2.05, 4.69) is 10.4 Å². The molecule has 0 unspecified atom stereocenters. The van der Waals surface area contributed by atoms with E-state index in [9.17, 15) is 22.8 Å². The third kappa shape index (κ3) is 3.91. The van der Waals surface area contributed by atoms with Crippen molar-refractivity contribution in [1.29, 1.82) is 0 Å². The molecule has 1 aliphatic rings. The molecule has 0 spiro atoms. The minimum Gasteiger partial charge on any atom is -0.326 e. The average Bonchev–Trinajstić information content (AvgIpc) is 2.90. The molecule has 3 rings (SSSR count). The molecular weight excluding hydrogens is 384 g/mol. The Bertz CT molecular complexity index is 1040. The zero-order valence-electron chi connectivity index (χ0n) is 14.7. The van der Waals surface area contributed by atoms with Crippen molar-refractivity contribution in [1.82, 2.24) is 9.73 Å². The zero-order chi connectivity index (χ0) is 20.3. The van der Waals surface area contributed by atoms with Gasteiger partial charge in [-0.05, 0) is 36.4 Å². The van der Waals surface area contributed by atoms with Gasteiger partial charge in [0, 0.05) is 18.8 Å². The highest BCUT2D eigenvalue weighted by Gasteiger charge is 2.34. The fourth-order valence-corrected chi connectivity index (χ4v) is 3.42. The number of fused-ring (bicyclic) bond motifs is 1. The first-order valence-electron chi connectivity index (χ1n) is 8.16. The number of imide groups is 1. The summed E-state index contributed by atoms with van der Waals surface area (Å²) in [5, 5.41) is 6.14. The van der Waals surface area contributed by atoms with Crippen LogP contribution >= 0.6 is 0 Å². The number of carbonyl (C=O) groups excluding carboxylic acids is 3. The third-order valence-corrected chi connectivity index (χ3v) is 5.13. The van der Waals surface area contributed by atoms with E-state index in [1.165, 1.54) is 31.2 Å². The second kappa shape index (κ2) is 7.61. The molecule has 9 nitrogen and oxygen atoms in total. The molecule has 2 aromatic rings. The van der Waals surface area contributed by atoms with E-state index in [1.54, 1.807) is 24.3 Å². The van der Waals surface area contributed by atoms with Crippen molar-refractivity contribution in [2.24, 2.45) is 5.10 Å². The van der Waals surface area contributed by atoms with Gasteiger partial charge in [0.25, 0.3) is 21.8 Å². The predicted octanol–water partition coefficient (Wildman–Crippen LogP) is 1.21. The molecular formula is C18H16N4O5S. The monoisotopic (exact) mass is 400 g/mol. The van der Waals surface area contributed by atoms with Crippen LogP contribution < -0.4 is 10.1 Å². The number of sulfonamides is 1. The van der Waals surface area contributed by atoms with Gasteiger partial charge in [-0.15, -0.1) is 0 Å². The van der Waals surface area contributed by atoms with E-state index < -0.39 is 21.8 Å². The standard InChI is InChI=1S/C18H16N4O5S/c1-12(23)20-13-6-8-14(9-7-13)28(26,27)21-19-10-11-22-17(24)15-4-2-3-5-16(15)18(22)25/h2-10,21H,11H2,1H3,(H,20,23)/b19-10+. The predicted molar refractivity (Wildman–Crippen MR) is 101 cm³/mol. The Morgan fingerprint density at radius 1 is 1.04 bits per heavy atom. The lowest BCUT2D eigenvalue weighted by atomic mass is 10.1. The molecule has 10 heteroatoms. The SMILES string of the molecule is CC(=O)Nc1ccc(S(=O)(=O)N/N=C/CN2C(=O)c3ccccc3C2=O)cc1. The van der Waals surface area contributed by atoms with E-state index in [0.717, 1.165) is 11.1 Å². The topological polar surface area (TPSA) is 125 Å². The smallest absolute Gasteiger partial charge is 0.276 e. The molecule has 1 aliphatic heterocycles. The van der Waals surface area contributed by atoms with Gasteiger partial charge < -0.3 is 5.32 Å². The quantitative estimate of drug-likeness (QED) is 0.428. The van der Waals surface area contributed by atoms with Crippen molar-refractivity contribution in [3.8, 4) is 0 Å². The second-order valence-electron chi connectivity index (χ2n) is 5.88. The van der Waals surface area contributed by atoms with Gasteiger partial charge in [0.05, 0.1) is 22.6 Å². The lowest BCUT2D eigenvalue weighted by Gasteiger charge is -2.10. The van der Waals surface area contributed by atoms with Crippen molar-refractivity contribution < 1.29 is 22.8 Å². The Morgan fingerprint density at radius 2 is 1.61 bits per heavy atom. The van der Waals surface area contributed by atoms with Gasteiger partial charge in [-0.1, -0.05) is 12.1 Å². The number of hydrogen-bond donors (Lipinski definition) is 2. The summed E-state index contributed by atoms with van der Waals surface area (Å²) in [6.07, 6.45) is 1.13. The molecule has 0 fully saturated rings. The van der Waals surface area contributed by atoms with Crippen LogP contribution in [-0.2, 0) is 14.8 Å². The molecule has 0 bridgehead atoms. The average molecular weight is 400 g/mol. The first kappa shape index (κ1) is 19.2. The van der Waals surface area contributed by atoms with Crippen molar-refractivity contribution in [3.05, 3.63) is 59.7 Å². The van der Waals surface area contributed by atoms with Crippen molar-refractivity contribution in [3.63, 3.8) is 0 Å². The summed E-state index contributed by atoms with van der Waals surface area (Å²) in [6.45, 7) is 1.17. The number of hydrazone groups is 1. The van der Waals surface area contributed by atoms with Gasteiger partial charge in [-0.2, -0.15) is 13.5 Å². The maximum absolute atomic E-state index is 12.2. The molecule has 2 N–H and O–H groups in total. The van der Waals surface area contributed by atoms with Crippen molar-refractivity contribution in [2.75, 3.05) is 11.9 Å². The third-order valence-electron chi connectivity index (χ3n) is 3.89. The Kier molecular flexibility index (Phi) is 5.23. The lowest BCUT2D eigenvalue weighted by Crippen LogP contribution is -2.32. The fraction of sp³-hybridized carbons (Fsp3) is 0.111. The zero-order valence-corrected chi connectivity index (χ0v) is 15.6. The van der Waals surface area contributed by atoms with Gasteiger partial charge in [0.1, 0.15) is 0 Å². The number of benzene rings is 2. The van der Waals surface area contributed by atoms with Gasteiger partial charge >= 0.3 is 0 Å². The molecule has 144 valence electrons. The number of amides is 3. The van der Waals surface area contributed by atoms with Gasteiger partial charge in [0.15, 0.2) is 0 Å². The molecule has 0 atom stereocenters. The van der Waals surface area contributed by atoms with Gasteiger partial charge in [0.2, 0.25) is 5.91 Å². The first-order chi connectivity index (χ1) is 13.3. The Hall–Kier alpha value is -3.53. The Labute approximate surface area is 161 Å². The van der Waals surface area contributed by atoms with E-state index >= 15 is 0 Å². The maximum Gasteiger partial charge on any atom is 0.276 e.